The number of methoxy groups -OCH3 is 1. The van der Waals surface area contributed by atoms with Crippen molar-refractivity contribution in [3.63, 3.8) is 0 Å². The minimum atomic E-state index is 0.442. The minimum absolute atomic E-state index is 0.442. The smallest absolute Gasteiger partial charge is 0.0698 e. The van der Waals surface area contributed by atoms with Crippen molar-refractivity contribution >= 4 is 0 Å². The third-order valence-electron chi connectivity index (χ3n) is 3.39. The predicted molar refractivity (Wildman–Crippen MR) is 64.2 cm³/mol. The second-order valence-electron chi connectivity index (χ2n) is 4.86. The molecule has 2 unspecified atom stereocenters. The summed E-state index contributed by atoms with van der Waals surface area (Å²) in [5, 5.41) is 3.30. The molecule has 0 spiro atoms. The number of piperidine rings is 1. The molecule has 0 aromatic heterocycles. The molecule has 3 heteroatoms. The van der Waals surface area contributed by atoms with E-state index in [4.69, 9.17) is 4.74 Å². The lowest BCUT2D eigenvalue weighted by molar-refractivity contribution is 0.00638. The van der Waals surface area contributed by atoms with Crippen LogP contribution in [0.25, 0.3) is 0 Å². The maximum Gasteiger partial charge on any atom is 0.0698 e. The van der Waals surface area contributed by atoms with Gasteiger partial charge in [-0.15, -0.1) is 0 Å². The van der Waals surface area contributed by atoms with Crippen molar-refractivity contribution < 1.29 is 4.74 Å². The normalized spacial score (nSPS) is 25.8. The van der Waals surface area contributed by atoms with Gasteiger partial charge < -0.3 is 10.1 Å². The summed E-state index contributed by atoms with van der Waals surface area (Å²) in [6.07, 6.45) is 2.93. The van der Waals surface area contributed by atoms with Crippen molar-refractivity contribution in [3.8, 4) is 0 Å². The van der Waals surface area contributed by atoms with Crippen LogP contribution in [0.3, 0.4) is 0 Å². The lowest BCUT2D eigenvalue weighted by Crippen LogP contribution is -2.50. The summed E-state index contributed by atoms with van der Waals surface area (Å²) in [6.45, 7) is 8.01. The molecule has 0 saturated carbocycles. The van der Waals surface area contributed by atoms with Gasteiger partial charge in [0.05, 0.1) is 6.10 Å². The molecule has 1 aliphatic rings. The van der Waals surface area contributed by atoms with E-state index >= 15 is 0 Å². The van der Waals surface area contributed by atoms with Crippen LogP contribution in [-0.2, 0) is 4.74 Å². The highest BCUT2D eigenvalue weighted by Gasteiger charge is 2.26. The monoisotopic (exact) mass is 214 g/mol. The number of hydrogen-bond acceptors (Lipinski definition) is 3. The Morgan fingerprint density at radius 2 is 2.20 bits per heavy atom. The fourth-order valence-corrected chi connectivity index (χ4v) is 2.46. The molecule has 3 nitrogen and oxygen atoms in total. The van der Waals surface area contributed by atoms with Gasteiger partial charge in [0.2, 0.25) is 0 Å². The van der Waals surface area contributed by atoms with E-state index in [2.05, 4.69) is 24.1 Å². The Morgan fingerprint density at radius 1 is 1.47 bits per heavy atom. The molecule has 1 saturated heterocycles. The molecule has 1 aliphatic heterocycles. The molecule has 0 bridgehead atoms. The van der Waals surface area contributed by atoms with Gasteiger partial charge in [-0.05, 0) is 32.4 Å². The first-order valence-electron chi connectivity index (χ1n) is 6.10. The lowest BCUT2D eigenvalue weighted by Gasteiger charge is -2.39. The highest BCUT2D eigenvalue weighted by atomic mass is 16.5. The standard InChI is InChI=1S/C12H26N2O/c1-10(2)12(8-13-3)14-7-5-6-11(9-14)15-4/h10-13H,5-9H2,1-4H3. The molecule has 0 aromatic carbocycles. The fourth-order valence-electron chi connectivity index (χ4n) is 2.46. The van der Waals surface area contributed by atoms with Crippen LogP contribution in [0.1, 0.15) is 26.7 Å². The van der Waals surface area contributed by atoms with Gasteiger partial charge in [0.15, 0.2) is 0 Å². The molecule has 15 heavy (non-hydrogen) atoms. The van der Waals surface area contributed by atoms with Crippen LogP contribution < -0.4 is 5.32 Å². The van der Waals surface area contributed by atoms with E-state index in [1.165, 1.54) is 19.4 Å². The summed E-state index contributed by atoms with van der Waals surface area (Å²) in [5.41, 5.74) is 0. The molecule has 0 amide bonds. The van der Waals surface area contributed by atoms with Crippen molar-refractivity contribution in [2.24, 2.45) is 5.92 Å². The maximum absolute atomic E-state index is 5.47. The van der Waals surface area contributed by atoms with Crippen molar-refractivity contribution in [2.45, 2.75) is 38.8 Å². The summed E-state index contributed by atoms with van der Waals surface area (Å²) in [6, 6.07) is 0.646. The Morgan fingerprint density at radius 3 is 2.73 bits per heavy atom. The number of ether oxygens (including phenoxy) is 1. The van der Waals surface area contributed by atoms with Crippen molar-refractivity contribution in [1.29, 1.82) is 0 Å². The topological polar surface area (TPSA) is 24.5 Å². The van der Waals surface area contributed by atoms with E-state index in [9.17, 15) is 0 Å². The van der Waals surface area contributed by atoms with Crippen LogP contribution in [-0.4, -0.2) is 50.8 Å². The molecular weight excluding hydrogens is 188 g/mol. The molecule has 1 rings (SSSR count). The molecule has 90 valence electrons. The summed E-state index contributed by atoms with van der Waals surface area (Å²) in [7, 11) is 3.86. The van der Waals surface area contributed by atoms with Gasteiger partial charge in [-0.25, -0.2) is 0 Å². The van der Waals surface area contributed by atoms with E-state index in [0.29, 0.717) is 18.1 Å². The highest BCUT2D eigenvalue weighted by Crippen LogP contribution is 2.18. The predicted octanol–water partition coefficient (Wildman–Crippen LogP) is 1.34. The van der Waals surface area contributed by atoms with Crippen LogP contribution in [0.5, 0.6) is 0 Å². The van der Waals surface area contributed by atoms with Gasteiger partial charge in [0.25, 0.3) is 0 Å². The molecule has 0 aliphatic carbocycles. The first-order valence-corrected chi connectivity index (χ1v) is 6.10. The second-order valence-corrected chi connectivity index (χ2v) is 4.86. The van der Waals surface area contributed by atoms with E-state index in [1.807, 2.05) is 14.2 Å². The van der Waals surface area contributed by atoms with E-state index < -0.39 is 0 Å². The number of hydrogen-bond donors (Lipinski definition) is 1. The zero-order chi connectivity index (χ0) is 11.3. The van der Waals surface area contributed by atoms with Crippen LogP contribution in [0.4, 0.5) is 0 Å². The zero-order valence-corrected chi connectivity index (χ0v) is 10.6. The largest absolute Gasteiger partial charge is 0.380 e. The third kappa shape index (κ3) is 3.74. The van der Waals surface area contributed by atoms with Crippen molar-refractivity contribution in [3.05, 3.63) is 0 Å². The quantitative estimate of drug-likeness (QED) is 0.747. The molecule has 1 fully saturated rings. The third-order valence-corrected chi connectivity index (χ3v) is 3.39. The molecule has 0 aromatic rings. The van der Waals surface area contributed by atoms with Gasteiger partial charge in [0, 0.05) is 26.2 Å². The minimum Gasteiger partial charge on any atom is -0.380 e. The van der Waals surface area contributed by atoms with E-state index in [1.54, 1.807) is 0 Å². The van der Waals surface area contributed by atoms with Crippen molar-refractivity contribution in [1.82, 2.24) is 10.2 Å². The zero-order valence-electron chi connectivity index (χ0n) is 10.6. The average Bonchev–Trinajstić information content (AvgIpc) is 2.25. The summed E-state index contributed by atoms with van der Waals surface area (Å²) in [4.78, 5) is 2.58. The fraction of sp³-hybridized carbons (Fsp3) is 1.00. The van der Waals surface area contributed by atoms with Gasteiger partial charge in [-0.3, -0.25) is 4.90 Å². The van der Waals surface area contributed by atoms with Gasteiger partial charge in [0.1, 0.15) is 0 Å². The lowest BCUT2D eigenvalue weighted by atomic mass is 9.98. The highest BCUT2D eigenvalue weighted by molar-refractivity contribution is 4.82. The van der Waals surface area contributed by atoms with Gasteiger partial charge in [-0.1, -0.05) is 13.8 Å². The summed E-state index contributed by atoms with van der Waals surface area (Å²) >= 11 is 0. The Labute approximate surface area is 94.2 Å². The van der Waals surface area contributed by atoms with Gasteiger partial charge >= 0.3 is 0 Å². The first kappa shape index (κ1) is 12.9. The van der Waals surface area contributed by atoms with E-state index in [-0.39, 0.29) is 0 Å². The molecule has 0 radical (unpaired) electrons. The average molecular weight is 214 g/mol. The Kier molecular flexibility index (Phi) is 5.58. The molecule has 1 heterocycles. The number of nitrogens with zero attached hydrogens (tertiary/aromatic N) is 1. The number of likely N-dealkylation sites (N-methyl/N-ethyl adjacent to an activating group) is 1. The summed E-state index contributed by atoms with van der Waals surface area (Å²) < 4.78 is 5.47. The molecular formula is C12H26N2O. The number of nitrogens with one attached hydrogen (secondary N) is 1. The molecule has 1 N–H and O–H groups in total. The Balaban J connectivity index is 2.50. The van der Waals surface area contributed by atoms with E-state index in [0.717, 1.165) is 13.1 Å². The van der Waals surface area contributed by atoms with Crippen LogP contribution >= 0.6 is 0 Å². The number of rotatable bonds is 5. The Hall–Kier alpha value is -0.120. The van der Waals surface area contributed by atoms with Crippen LogP contribution in [0, 0.1) is 5.92 Å². The SMILES string of the molecule is CNCC(C(C)C)N1CCCC(OC)C1. The Bertz CT molecular complexity index is 173. The van der Waals surface area contributed by atoms with Crippen molar-refractivity contribution in [2.75, 3.05) is 33.8 Å². The summed E-state index contributed by atoms with van der Waals surface area (Å²) in [5.74, 6) is 0.702. The van der Waals surface area contributed by atoms with Crippen LogP contribution in [0.2, 0.25) is 0 Å². The maximum atomic E-state index is 5.47. The van der Waals surface area contributed by atoms with Crippen LogP contribution in [0.15, 0.2) is 0 Å². The second kappa shape index (κ2) is 6.46. The van der Waals surface area contributed by atoms with Gasteiger partial charge in [-0.2, -0.15) is 0 Å². The first-order chi connectivity index (χ1) is 7.19. The molecule has 2 atom stereocenters. The number of likely N-dealkylation sites (tertiary alicyclic amines) is 1.